The highest BCUT2D eigenvalue weighted by Gasteiger charge is 2.13. The Balaban J connectivity index is 1.50. The average Bonchev–Trinajstić information content (AvgIpc) is 3.11. The number of aromatic nitrogens is 3. The van der Waals surface area contributed by atoms with Gasteiger partial charge in [0, 0.05) is 59.5 Å². The van der Waals surface area contributed by atoms with Crippen LogP contribution in [0.1, 0.15) is 32.0 Å². The van der Waals surface area contributed by atoms with Crippen molar-refractivity contribution in [2.75, 3.05) is 46.6 Å². The molecular weight excluding hydrogens is 320 g/mol. The van der Waals surface area contributed by atoms with E-state index in [9.17, 15) is 0 Å². The summed E-state index contributed by atoms with van der Waals surface area (Å²) in [6.07, 6.45) is 5.88. The SMILES string of the molecule is CCc1nncn1CCNC(=NC)NCCCOCC1CCOCC1. The minimum atomic E-state index is 0.668. The second-order valence-electron chi connectivity index (χ2n) is 6.20. The van der Waals surface area contributed by atoms with Crippen LogP contribution in [0.5, 0.6) is 0 Å². The van der Waals surface area contributed by atoms with Gasteiger partial charge in [0.15, 0.2) is 5.96 Å². The Morgan fingerprint density at radius 2 is 2.16 bits per heavy atom. The Bertz CT molecular complexity index is 499. The van der Waals surface area contributed by atoms with Gasteiger partial charge in [0.25, 0.3) is 0 Å². The largest absolute Gasteiger partial charge is 0.381 e. The van der Waals surface area contributed by atoms with Crippen molar-refractivity contribution in [3.63, 3.8) is 0 Å². The molecule has 2 rings (SSSR count). The van der Waals surface area contributed by atoms with E-state index in [2.05, 4.69) is 37.3 Å². The Kier molecular flexibility index (Phi) is 9.28. The van der Waals surface area contributed by atoms with Gasteiger partial charge in [-0.15, -0.1) is 10.2 Å². The van der Waals surface area contributed by atoms with Crippen LogP contribution in [0.15, 0.2) is 11.3 Å². The summed E-state index contributed by atoms with van der Waals surface area (Å²) in [5.74, 6) is 2.49. The van der Waals surface area contributed by atoms with Crippen molar-refractivity contribution in [1.29, 1.82) is 0 Å². The molecule has 1 saturated heterocycles. The Labute approximate surface area is 150 Å². The Hall–Kier alpha value is -1.67. The van der Waals surface area contributed by atoms with E-state index in [4.69, 9.17) is 9.47 Å². The average molecular weight is 352 g/mol. The lowest BCUT2D eigenvalue weighted by atomic mass is 10.0. The first-order valence-electron chi connectivity index (χ1n) is 9.30. The number of hydrogen-bond donors (Lipinski definition) is 2. The first-order chi connectivity index (χ1) is 12.3. The molecule has 2 N–H and O–H groups in total. The third-order valence-electron chi connectivity index (χ3n) is 4.33. The van der Waals surface area contributed by atoms with Crippen LogP contribution in [0.3, 0.4) is 0 Å². The van der Waals surface area contributed by atoms with E-state index in [0.29, 0.717) is 5.92 Å². The fourth-order valence-electron chi connectivity index (χ4n) is 2.80. The predicted octanol–water partition coefficient (Wildman–Crippen LogP) is 0.839. The number of rotatable bonds is 10. The van der Waals surface area contributed by atoms with Gasteiger partial charge < -0.3 is 24.7 Å². The van der Waals surface area contributed by atoms with Gasteiger partial charge in [0.05, 0.1) is 0 Å². The van der Waals surface area contributed by atoms with Gasteiger partial charge in [0.1, 0.15) is 12.2 Å². The van der Waals surface area contributed by atoms with E-state index in [0.717, 1.165) is 83.5 Å². The van der Waals surface area contributed by atoms with Crippen molar-refractivity contribution in [2.24, 2.45) is 10.9 Å². The third-order valence-corrected chi connectivity index (χ3v) is 4.33. The fraction of sp³-hybridized carbons (Fsp3) is 0.824. The lowest BCUT2D eigenvalue weighted by Crippen LogP contribution is -2.39. The summed E-state index contributed by atoms with van der Waals surface area (Å²) in [6.45, 7) is 7.94. The van der Waals surface area contributed by atoms with E-state index in [1.807, 2.05) is 0 Å². The standard InChI is InChI=1S/C17H32N6O2/c1-3-16-22-21-14-23(16)9-8-20-17(18-2)19-7-4-10-25-13-15-5-11-24-12-6-15/h14-15H,3-13H2,1-2H3,(H2,18,19,20). The van der Waals surface area contributed by atoms with Gasteiger partial charge in [-0.25, -0.2) is 0 Å². The highest BCUT2D eigenvalue weighted by atomic mass is 16.5. The zero-order valence-corrected chi connectivity index (χ0v) is 15.5. The second kappa shape index (κ2) is 11.8. The molecule has 8 heteroatoms. The van der Waals surface area contributed by atoms with Crippen LogP contribution in [0.2, 0.25) is 0 Å². The van der Waals surface area contributed by atoms with Crippen molar-refractivity contribution in [3.05, 3.63) is 12.2 Å². The first kappa shape index (κ1) is 19.7. The lowest BCUT2D eigenvalue weighted by molar-refractivity contribution is 0.0203. The van der Waals surface area contributed by atoms with Crippen molar-refractivity contribution in [3.8, 4) is 0 Å². The van der Waals surface area contributed by atoms with Gasteiger partial charge in [-0.3, -0.25) is 4.99 Å². The molecule has 0 aliphatic carbocycles. The topological polar surface area (TPSA) is 85.6 Å². The lowest BCUT2D eigenvalue weighted by Gasteiger charge is -2.21. The highest BCUT2D eigenvalue weighted by Crippen LogP contribution is 2.14. The summed E-state index contributed by atoms with van der Waals surface area (Å²) < 4.78 is 13.2. The summed E-state index contributed by atoms with van der Waals surface area (Å²) in [6, 6.07) is 0. The van der Waals surface area contributed by atoms with Crippen LogP contribution in [-0.2, 0) is 22.4 Å². The van der Waals surface area contributed by atoms with Gasteiger partial charge in [-0.05, 0) is 25.2 Å². The molecule has 0 unspecified atom stereocenters. The molecule has 1 fully saturated rings. The zero-order valence-electron chi connectivity index (χ0n) is 15.5. The van der Waals surface area contributed by atoms with E-state index in [-0.39, 0.29) is 0 Å². The first-order valence-corrected chi connectivity index (χ1v) is 9.30. The van der Waals surface area contributed by atoms with Crippen LogP contribution in [0, 0.1) is 5.92 Å². The number of ether oxygens (including phenoxy) is 2. The molecule has 0 radical (unpaired) electrons. The van der Waals surface area contributed by atoms with Gasteiger partial charge >= 0.3 is 0 Å². The summed E-state index contributed by atoms with van der Waals surface area (Å²) >= 11 is 0. The predicted molar refractivity (Wildman–Crippen MR) is 97.7 cm³/mol. The zero-order chi connectivity index (χ0) is 17.7. The van der Waals surface area contributed by atoms with E-state index in [1.165, 1.54) is 0 Å². The fourth-order valence-corrected chi connectivity index (χ4v) is 2.80. The van der Waals surface area contributed by atoms with E-state index in [1.54, 1.807) is 13.4 Å². The molecule has 0 amide bonds. The van der Waals surface area contributed by atoms with Crippen LogP contribution >= 0.6 is 0 Å². The van der Waals surface area contributed by atoms with Gasteiger partial charge in [-0.2, -0.15) is 0 Å². The monoisotopic (exact) mass is 352 g/mol. The molecule has 1 aliphatic rings. The number of aryl methyl sites for hydroxylation is 1. The second-order valence-corrected chi connectivity index (χ2v) is 6.20. The number of aliphatic imine (C=N–C) groups is 1. The van der Waals surface area contributed by atoms with E-state index < -0.39 is 0 Å². The maximum atomic E-state index is 5.77. The molecular formula is C17H32N6O2. The summed E-state index contributed by atoms with van der Waals surface area (Å²) in [4.78, 5) is 4.24. The molecule has 0 aromatic carbocycles. The Morgan fingerprint density at radius 3 is 2.92 bits per heavy atom. The molecule has 1 aromatic rings. The molecule has 1 aliphatic heterocycles. The van der Waals surface area contributed by atoms with Crippen LogP contribution in [0.25, 0.3) is 0 Å². The van der Waals surface area contributed by atoms with Crippen molar-refractivity contribution in [1.82, 2.24) is 25.4 Å². The molecule has 8 nitrogen and oxygen atoms in total. The summed E-state index contributed by atoms with van der Waals surface area (Å²) in [5.41, 5.74) is 0. The number of guanidine groups is 1. The maximum Gasteiger partial charge on any atom is 0.191 e. The third kappa shape index (κ3) is 7.39. The molecule has 142 valence electrons. The molecule has 0 saturated carbocycles. The van der Waals surface area contributed by atoms with Crippen molar-refractivity contribution < 1.29 is 9.47 Å². The van der Waals surface area contributed by atoms with E-state index >= 15 is 0 Å². The Morgan fingerprint density at radius 1 is 1.36 bits per heavy atom. The summed E-state index contributed by atoms with van der Waals surface area (Å²) in [5, 5.41) is 14.6. The highest BCUT2D eigenvalue weighted by molar-refractivity contribution is 5.79. The number of nitrogens with one attached hydrogen (secondary N) is 2. The molecule has 1 aromatic heterocycles. The van der Waals surface area contributed by atoms with Crippen LogP contribution in [0.4, 0.5) is 0 Å². The number of hydrogen-bond acceptors (Lipinski definition) is 5. The number of nitrogens with zero attached hydrogens (tertiary/aromatic N) is 4. The summed E-state index contributed by atoms with van der Waals surface area (Å²) in [7, 11) is 1.78. The van der Waals surface area contributed by atoms with Crippen molar-refractivity contribution >= 4 is 5.96 Å². The smallest absolute Gasteiger partial charge is 0.191 e. The quantitative estimate of drug-likeness (QED) is 0.369. The molecule has 25 heavy (non-hydrogen) atoms. The minimum absolute atomic E-state index is 0.668. The molecule has 0 spiro atoms. The van der Waals surface area contributed by atoms with Gasteiger partial charge in [-0.1, -0.05) is 6.92 Å². The normalized spacial score (nSPS) is 16.2. The van der Waals surface area contributed by atoms with Gasteiger partial charge in [0.2, 0.25) is 0 Å². The maximum absolute atomic E-state index is 5.77. The van der Waals surface area contributed by atoms with Crippen molar-refractivity contribution in [2.45, 2.75) is 39.2 Å². The molecule has 0 bridgehead atoms. The molecule has 0 atom stereocenters. The van der Waals surface area contributed by atoms with Crippen LogP contribution < -0.4 is 10.6 Å². The minimum Gasteiger partial charge on any atom is -0.381 e. The molecule has 2 heterocycles. The van der Waals surface area contributed by atoms with Crippen LogP contribution in [-0.4, -0.2) is 67.3 Å².